The molecule has 5 rings (SSSR count). The summed E-state index contributed by atoms with van der Waals surface area (Å²) in [6.07, 6.45) is 3.45. The third-order valence-corrected chi connectivity index (χ3v) is 5.51. The number of rotatable bonds is 2. The van der Waals surface area contributed by atoms with E-state index >= 15 is 0 Å². The van der Waals surface area contributed by atoms with Crippen molar-refractivity contribution in [3.63, 3.8) is 0 Å². The van der Waals surface area contributed by atoms with E-state index in [1.807, 2.05) is 16.7 Å². The molecule has 1 aromatic carbocycles. The molecule has 8 heteroatoms. The third kappa shape index (κ3) is 2.22. The van der Waals surface area contributed by atoms with Gasteiger partial charge in [-0.1, -0.05) is 0 Å². The van der Waals surface area contributed by atoms with E-state index in [4.69, 9.17) is 0 Å². The molecule has 1 aliphatic rings. The fraction of sp³-hybridized carbons (Fsp3) is 0.111. The number of nitrogens with one attached hydrogen (secondary N) is 1. The Morgan fingerprint density at radius 2 is 2.04 bits per heavy atom. The number of thiophene rings is 1. The van der Waals surface area contributed by atoms with Gasteiger partial charge in [0.15, 0.2) is 11.6 Å². The van der Waals surface area contributed by atoms with E-state index in [1.165, 1.54) is 11.3 Å². The van der Waals surface area contributed by atoms with Crippen LogP contribution in [0.2, 0.25) is 0 Å². The Morgan fingerprint density at radius 3 is 2.88 bits per heavy atom. The average molecular weight is 372 g/mol. The molecule has 0 spiro atoms. The summed E-state index contributed by atoms with van der Waals surface area (Å²) >= 11 is 1.51. The number of fused-ring (bicyclic) bond motifs is 2. The number of anilines is 1. The maximum Gasteiger partial charge on any atom is 0.204 e. The van der Waals surface area contributed by atoms with Gasteiger partial charge in [0, 0.05) is 47.2 Å². The monoisotopic (exact) mass is 372 g/mol. The quantitative estimate of drug-likeness (QED) is 0.520. The summed E-state index contributed by atoms with van der Waals surface area (Å²) in [6.45, 7) is 1.34. The summed E-state index contributed by atoms with van der Waals surface area (Å²) in [5, 5.41) is 4.07. The molecule has 0 radical (unpaired) electrons. The van der Waals surface area contributed by atoms with Crippen molar-refractivity contribution in [2.45, 2.75) is 6.54 Å². The molecule has 0 saturated carbocycles. The van der Waals surface area contributed by atoms with Crippen molar-refractivity contribution in [2.75, 3.05) is 11.9 Å². The van der Waals surface area contributed by atoms with E-state index in [9.17, 15) is 13.2 Å². The number of hydrogen-bond acceptors (Lipinski definition) is 4. The summed E-state index contributed by atoms with van der Waals surface area (Å²) < 4.78 is 44.8. The Labute approximate surface area is 149 Å². The molecule has 4 nitrogen and oxygen atoms in total. The van der Waals surface area contributed by atoms with Gasteiger partial charge >= 0.3 is 0 Å². The van der Waals surface area contributed by atoms with Crippen LogP contribution < -0.4 is 5.32 Å². The fourth-order valence-electron chi connectivity index (χ4n) is 3.25. The molecular formula is C18H11F3N4S. The van der Waals surface area contributed by atoms with Gasteiger partial charge in [0.25, 0.3) is 0 Å². The molecule has 3 aromatic heterocycles. The number of pyridine rings is 1. The Balaban J connectivity index is 1.80. The minimum Gasteiger partial charge on any atom is -0.354 e. The molecule has 0 aliphatic carbocycles. The first-order chi connectivity index (χ1) is 12.6. The van der Waals surface area contributed by atoms with Crippen LogP contribution in [0.1, 0.15) is 0 Å². The van der Waals surface area contributed by atoms with Crippen LogP contribution in [0.4, 0.5) is 19.1 Å². The molecular weight excluding hydrogens is 361 g/mol. The maximum atomic E-state index is 14.4. The normalized spacial score (nSPS) is 13.2. The van der Waals surface area contributed by atoms with Crippen molar-refractivity contribution in [1.29, 1.82) is 0 Å². The lowest BCUT2D eigenvalue weighted by Crippen LogP contribution is -1.99. The van der Waals surface area contributed by atoms with Crippen LogP contribution in [0.25, 0.3) is 31.9 Å². The van der Waals surface area contributed by atoms with Gasteiger partial charge in [-0.15, -0.1) is 11.3 Å². The molecule has 0 unspecified atom stereocenters. The van der Waals surface area contributed by atoms with Crippen LogP contribution in [-0.2, 0) is 6.54 Å². The molecule has 1 aliphatic heterocycles. The Hall–Kier alpha value is -2.87. The molecule has 130 valence electrons. The Morgan fingerprint density at radius 1 is 1.15 bits per heavy atom. The van der Waals surface area contributed by atoms with Crippen molar-refractivity contribution in [1.82, 2.24) is 14.5 Å². The number of imidazole rings is 1. The van der Waals surface area contributed by atoms with E-state index in [0.717, 1.165) is 21.0 Å². The highest BCUT2D eigenvalue weighted by atomic mass is 32.1. The summed E-state index contributed by atoms with van der Waals surface area (Å²) in [6, 6.07) is 5.35. The molecule has 1 N–H and O–H groups in total. The van der Waals surface area contributed by atoms with E-state index in [-0.39, 0.29) is 11.3 Å². The van der Waals surface area contributed by atoms with Gasteiger partial charge < -0.3 is 9.88 Å². The smallest absolute Gasteiger partial charge is 0.204 e. The standard InChI is InChI=1S/C18H11F3N4S/c19-10-6-11(15(21)12(20)7-10)16-17(25-4-3-23-18(25)24-16)14-5-9-8-22-2-1-13(9)26-14/h1-2,5-8H,3-4H2,(H,23,24). The number of hydrogen-bond donors (Lipinski definition) is 1. The third-order valence-electron chi connectivity index (χ3n) is 4.38. The first-order valence-electron chi connectivity index (χ1n) is 7.95. The van der Waals surface area contributed by atoms with Crippen LogP contribution in [0, 0.1) is 17.5 Å². The molecule has 0 saturated heterocycles. The highest BCUT2D eigenvalue weighted by molar-refractivity contribution is 7.22. The lowest BCUT2D eigenvalue weighted by Gasteiger charge is -2.07. The zero-order valence-corrected chi connectivity index (χ0v) is 14.1. The zero-order valence-electron chi connectivity index (χ0n) is 13.3. The van der Waals surface area contributed by atoms with Crippen molar-refractivity contribution in [2.24, 2.45) is 0 Å². The summed E-state index contributed by atoms with van der Waals surface area (Å²) in [7, 11) is 0. The predicted octanol–water partition coefficient (Wildman–Crippen LogP) is 4.67. The van der Waals surface area contributed by atoms with Crippen LogP contribution in [-0.4, -0.2) is 21.1 Å². The second-order valence-electron chi connectivity index (χ2n) is 5.98. The number of benzene rings is 1. The second kappa shape index (κ2) is 5.57. The largest absolute Gasteiger partial charge is 0.354 e. The van der Waals surface area contributed by atoms with Gasteiger partial charge in [0.1, 0.15) is 11.5 Å². The molecule has 0 atom stereocenters. The van der Waals surface area contributed by atoms with Crippen molar-refractivity contribution in [3.05, 3.63) is 54.1 Å². The fourth-order valence-corrected chi connectivity index (χ4v) is 4.34. The molecule has 0 fully saturated rings. The summed E-state index contributed by atoms with van der Waals surface area (Å²) in [4.78, 5) is 9.37. The van der Waals surface area contributed by atoms with Crippen molar-refractivity contribution >= 4 is 27.4 Å². The summed E-state index contributed by atoms with van der Waals surface area (Å²) in [5.41, 5.74) is 0.689. The lowest BCUT2D eigenvalue weighted by atomic mass is 10.1. The molecule has 26 heavy (non-hydrogen) atoms. The SMILES string of the molecule is Fc1cc(F)c(F)c(-c2nc3n(c2-c2cc4cnccc4s2)CCN3)c1. The van der Waals surface area contributed by atoms with Gasteiger partial charge in [-0.25, -0.2) is 18.2 Å². The first-order valence-corrected chi connectivity index (χ1v) is 8.77. The molecule has 4 aromatic rings. The van der Waals surface area contributed by atoms with Crippen molar-refractivity contribution in [3.8, 4) is 21.8 Å². The second-order valence-corrected chi connectivity index (χ2v) is 7.07. The predicted molar refractivity (Wildman–Crippen MR) is 94.6 cm³/mol. The van der Waals surface area contributed by atoms with Crippen LogP contribution in [0.15, 0.2) is 36.7 Å². The molecule has 4 heterocycles. The number of aromatic nitrogens is 3. The average Bonchev–Trinajstić information content (AvgIpc) is 3.30. The van der Waals surface area contributed by atoms with Crippen LogP contribution in [0.3, 0.4) is 0 Å². The van der Waals surface area contributed by atoms with E-state index < -0.39 is 17.5 Å². The lowest BCUT2D eigenvalue weighted by molar-refractivity contribution is 0.497. The van der Waals surface area contributed by atoms with Crippen LogP contribution >= 0.6 is 11.3 Å². The first kappa shape index (κ1) is 15.4. The highest BCUT2D eigenvalue weighted by Crippen LogP contribution is 2.42. The number of nitrogens with zero attached hydrogens (tertiary/aromatic N) is 3. The topological polar surface area (TPSA) is 42.7 Å². The maximum absolute atomic E-state index is 14.4. The highest BCUT2D eigenvalue weighted by Gasteiger charge is 2.27. The van der Waals surface area contributed by atoms with Gasteiger partial charge in [-0.2, -0.15) is 0 Å². The van der Waals surface area contributed by atoms with Gasteiger partial charge in [-0.05, 0) is 18.2 Å². The van der Waals surface area contributed by atoms with E-state index in [2.05, 4.69) is 15.3 Å². The molecule has 0 amide bonds. The summed E-state index contributed by atoms with van der Waals surface area (Å²) in [5.74, 6) is -2.61. The Kier molecular flexibility index (Phi) is 3.30. The van der Waals surface area contributed by atoms with Crippen LogP contribution in [0.5, 0.6) is 0 Å². The van der Waals surface area contributed by atoms with Gasteiger partial charge in [0.05, 0.1) is 10.6 Å². The Bertz CT molecular complexity index is 1130. The number of halogens is 3. The van der Waals surface area contributed by atoms with E-state index in [0.29, 0.717) is 30.8 Å². The van der Waals surface area contributed by atoms with Gasteiger partial charge in [-0.3, -0.25) is 4.98 Å². The minimum atomic E-state index is -1.23. The minimum absolute atomic E-state index is 0.184. The van der Waals surface area contributed by atoms with Crippen molar-refractivity contribution < 1.29 is 13.2 Å². The van der Waals surface area contributed by atoms with Gasteiger partial charge in [0.2, 0.25) is 5.95 Å². The van der Waals surface area contributed by atoms with E-state index in [1.54, 1.807) is 12.4 Å². The zero-order chi connectivity index (χ0) is 17.8. The molecule has 0 bridgehead atoms.